The Labute approximate surface area is 240 Å². The summed E-state index contributed by atoms with van der Waals surface area (Å²) in [6.07, 6.45) is 3.31. The van der Waals surface area contributed by atoms with Crippen LogP contribution in [0.2, 0.25) is 0 Å². The van der Waals surface area contributed by atoms with E-state index in [0.29, 0.717) is 43.2 Å². The molecule has 1 unspecified atom stereocenters. The quantitative estimate of drug-likeness (QED) is 0.118. The highest BCUT2D eigenvalue weighted by molar-refractivity contribution is 7.87. The molecule has 0 aliphatic carbocycles. The Morgan fingerprint density at radius 2 is 1.61 bits per heavy atom. The van der Waals surface area contributed by atoms with Crippen LogP contribution in [0.1, 0.15) is 71.3 Å². The van der Waals surface area contributed by atoms with E-state index in [-0.39, 0.29) is 24.8 Å². The molecule has 2 aromatic rings. The second-order valence-electron chi connectivity index (χ2n) is 10.4. The van der Waals surface area contributed by atoms with E-state index in [1.807, 2.05) is 20.8 Å². The van der Waals surface area contributed by atoms with Gasteiger partial charge in [-0.3, -0.25) is 18.5 Å². The van der Waals surface area contributed by atoms with Crippen molar-refractivity contribution in [3.63, 3.8) is 0 Å². The van der Waals surface area contributed by atoms with Crippen LogP contribution in [0.25, 0.3) is 10.8 Å². The topological polar surface area (TPSA) is 192 Å². The second kappa shape index (κ2) is 12.4. The number of carbonyl (C=O) groups excluding carboxylic acids is 1. The number of benzene rings is 2. The minimum Gasteiger partial charge on any atom is -0.466 e. The fourth-order valence-corrected chi connectivity index (χ4v) is 7.25. The van der Waals surface area contributed by atoms with E-state index in [2.05, 4.69) is 4.58 Å². The molecule has 228 valence electrons. The van der Waals surface area contributed by atoms with Gasteiger partial charge >= 0.3 is 5.97 Å². The number of ether oxygens (including phenoxy) is 1. The van der Waals surface area contributed by atoms with Crippen molar-refractivity contribution in [2.24, 2.45) is 0 Å². The van der Waals surface area contributed by atoms with E-state index in [1.165, 1.54) is 12.1 Å². The van der Waals surface area contributed by atoms with Crippen molar-refractivity contribution in [3.05, 3.63) is 29.8 Å². The maximum Gasteiger partial charge on any atom is 0.305 e. The van der Waals surface area contributed by atoms with Gasteiger partial charge in [0.2, 0.25) is 5.69 Å². The Morgan fingerprint density at radius 3 is 2.20 bits per heavy atom. The van der Waals surface area contributed by atoms with E-state index in [9.17, 15) is 39.2 Å². The Morgan fingerprint density at radius 1 is 0.927 bits per heavy atom. The molecule has 2 aromatic carbocycles. The van der Waals surface area contributed by atoms with Crippen molar-refractivity contribution < 1.29 is 53.0 Å². The van der Waals surface area contributed by atoms with Crippen LogP contribution in [0, 0.1) is 0 Å². The summed E-state index contributed by atoms with van der Waals surface area (Å²) >= 11 is 0. The fourth-order valence-electron chi connectivity index (χ4n) is 5.43. The van der Waals surface area contributed by atoms with Crippen LogP contribution in [-0.2, 0) is 45.3 Å². The van der Waals surface area contributed by atoms with Crippen LogP contribution in [0.15, 0.2) is 34.1 Å². The smallest absolute Gasteiger partial charge is 0.305 e. The molecule has 0 radical (unpaired) electrons. The highest BCUT2D eigenvalue weighted by Crippen LogP contribution is 2.48. The molecule has 3 N–H and O–H groups in total. The standard InChI is InChI=1S/C26H35NO11S3/c1-4-13-27-18(2)26(3,12-7-5-6-9-24(28)38-14-8-15-39(29,30)31)25-21-16-19(40(32,33)34)17-23(41(35,36)37)20(21)10-11-22(25)27/h10-11,16-17H,4-9,12-15H2,1-3H3,(H2-,29,30,31,32,33,34,35,36,37)/p+1. The Bertz CT molecular complexity index is 1700. The van der Waals surface area contributed by atoms with Crippen molar-refractivity contribution in [3.8, 4) is 0 Å². The van der Waals surface area contributed by atoms with Gasteiger partial charge in [-0.25, -0.2) is 0 Å². The van der Waals surface area contributed by atoms with E-state index in [1.54, 1.807) is 6.07 Å². The van der Waals surface area contributed by atoms with Crippen LogP contribution in [-0.4, -0.2) is 74.1 Å². The Hall–Kier alpha value is -2.43. The molecule has 1 aliphatic heterocycles. The van der Waals surface area contributed by atoms with Crippen molar-refractivity contribution in [1.82, 2.24) is 0 Å². The van der Waals surface area contributed by atoms with Gasteiger partial charge in [0.1, 0.15) is 11.4 Å². The van der Waals surface area contributed by atoms with Crippen LogP contribution in [0.3, 0.4) is 0 Å². The first-order chi connectivity index (χ1) is 18.9. The third-order valence-electron chi connectivity index (χ3n) is 7.49. The first-order valence-corrected chi connectivity index (χ1v) is 17.7. The number of carbonyl (C=O) groups is 1. The van der Waals surface area contributed by atoms with Gasteiger partial charge < -0.3 is 4.74 Å². The van der Waals surface area contributed by atoms with E-state index < -0.39 is 57.3 Å². The van der Waals surface area contributed by atoms with Gasteiger partial charge in [-0.1, -0.05) is 19.8 Å². The predicted octanol–water partition coefficient (Wildman–Crippen LogP) is 3.89. The van der Waals surface area contributed by atoms with Crippen molar-refractivity contribution in [2.45, 2.75) is 80.9 Å². The summed E-state index contributed by atoms with van der Waals surface area (Å²) in [6, 6.07) is 5.25. The largest absolute Gasteiger partial charge is 0.466 e. The molecule has 3 rings (SSSR count). The fraction of sp³-hybridized carbons (Fsp3) is 0.538. The molecule has 0 spiro atoms. The second-order valence-corrected chi connectivity index (χ2v) is 14.8. The molecule has 0 bridgehead atoms. The molecule has 0 fully saturated rings. The lowest BCUT2D eigenvalue weighted by Gasteiger charge is -2.24. The van der Waals surface area contributed by atoms with Crippen LogP contribution in [0.5, 0.6) is 0 Å². The van der Waals surface area contributed by atoms with E-state index in [0.717, 1.165) is 23.9 Å². The summed E-state index contributed by atoms with van der Waals surface area (Å²) < 4.78 is 106. The zero-order valence-corrected chi connectivity index (χ0v) is 25.6. The molecule has 0 amide bonds. The molecule has 1 aliphatic rings. The van der Waals surface area contributed by atoms with Gasteiger partial charge in [0.05, 0.1) is 22.7 Å². The lowest BCUT2D eigenvalue weighted by molar-refractivity contribution is -0.439. The Kier molecular flexibility index (Phi) is 10.0. The summed E-state index contributed by atoms with van der Waals surface area (Å²) in [5, 5.41) is 0.423. The lowest BCUT2D eigenvalue weighted by atomic mass is 9.74. The van der Waals surface area contributed by atoms with Gasteiger partial charge in [0.15, 0.2) is 5.71 Å². The molecule has 0 aromatic heterocycles. The number of rotatable bonds is 14. The van der Waals surface area contributed by atoms with Crippen molar-refractivity contribution in [1.29, 1.82) is 0 Å². The number of hydrogen-bond donors (Lipinski definition) is 3. The van der Waals surface area contributed by atoms with Crippen molar-refractivity contribution in [2.75, 3.05) is 18.9 Å². The predicted molar refractivity (Wildman–Crippen MR) is 152 cm³/mol. The van der Waals surface area contributed by atoms with Crippen LogP contribution >= 0.6 is 0 Å². The summed E-state index contributed by atoms with van der Waals surface area (Å²) in [5.74, 6) is -0.965. The average molecular weight is 635 g/mol. The number of hydrogen-bond acceptors (Lipinski definition) is 8. The summed E-state index contributed by atoms with van der Waals surface area (Å²) in [6.45, 7) is 6.50. The van der Waals surface area contributed by atoms with E-state index >= 15 is 0 Å². The third-order valence-corrected chi connectivity index (χ3v) is 10.0. The molecule has 0 saturated heterocycles. The maximum atomic E-state index is 12.2. The molecule has 12 nitrogen and oxygen atoms in total. The van der Waals surface area contributed by atoms with Gasteiger partial charge in [0.25, 0.3) is 30.4 Å². The lowest BCUT2D eigenvalue weighted by Crippen LogP contribution is -2.30. The summed E-state index contributed by atoms with van der Waals surface area (Å²) in [4.78, 5) is 10.7. The van der Waals surface area contributed by atoms with Gasteiger partial charge in [-0.05, 0) is 49.8 Å². The highest BCUT2D eigenvalue weighted by Gasteiger charge is 2.47. The molecule has 1 heterocycles. The third kappa shape index (κ3) is 7.70. The zero-order chi connectivity index (χ0) is 30.8. The first kappa shape index (κ1) is 33.1. The zero-order valence-electron chi connectivity index (χ0n) is 23.2. The minimum atomic E-state index is -4.83. The van der Waals surface area contributed by atoms with Gasteiger partial charge in [-0.15, -0.1) is 0 Å². The Balaban J connectivity index is 1.89. The molecule has 41 heavy (non-hydrogen) atoms. The highest BCUT2D eigenvalue weighted by atomic mass is 32.2. The monoisotopic (exact) mass is 634 g/mol. The van der Waals surface area contributed by atoms with Crippen LogP contribution in [0.4, 0.5) is 5.69 Å². The molecule has 1 atom stereocenters. The number of fused-ring (bicyclic) bond motifs is 3. The minimum absolute atomic E-state index is 0.00173. The first-order valence-electron chi connectivity index (χ1n) is 13.2. The SMILES string of the molecule is CCC[N+]1=C(C)C(C)(CCCCCC(=O)OCCCS(=O)(=O)O)c2c1ccc1c(S(=O)(=O)O)cc(S(=O)(=O)O)cc21. The average Bonchev–Trinajstić information content (AvgIpc) is 3.06. The normalized spacial score (nSPS) is 17.7. The maximum absolute atomic E-state index is 12.2. The number of esters is 1. The molecule has 0 saturated carbocycles. The summed E-state index contributed by atoms with van der Waals surface area (Å²) in [5.41, 5.74) is 1.79. The number of unbranched alkanes of at least 4 members (excludes halogenated alkanes) is 2. The molecular formula is C26H36NO11S3+. The van der Waals surface area contributed by atoms with Gasteiger partial charge in [-0.2, -0.15) is 29.8 Å². The van der Waals surface area contributed by atoms with Crippen molar-refractivity contribution >= 4 is 58.5 Å². The van der Waals surface area contributed by atoms with Gasteiger partial charge in [0, 0.05) is 36.8 Å². The van der Waals surface area contributed by atoms with Crippen LogP contribution < -0.4 is 0 Å². The summed E-state index contributed by atoms with van der Waals surface area (Å²) in [7, 11) is -13.7. The molecular weight excluding hydrogens is 598 g/mol. The number of nitrogens with zero attached hydrogens (tertiary/aromatic N) is 1. The molecule has 15 heteroatoms. The van der Waals surface area contributed by atoms with E-state index in [4.69, 9.17) is 9.29 Å².